The highest BCUT2D eigenvalue weighted by atomic mass is 127. The maximum absolute atomic E-state index is 11.5. The highest BCUT2D eigenvalue weighted by Crippen LogP contribution is 2.13. The number of H-pyrrole nitrogens is 1. The summed E-state index contributed by atoms with van der Waals surface area (Å²) in [7, 11) is 0. The molecule has 1 aliphatic heterocycles. The molecule has 88 valence electrons. The zero-order valence-electron chi connectivity index (χ0n) is 8.74. The number of ether oxygens (including phenoxy) is 1. The fourth-order valence-corrected chi connectivity index (χ4v) is 2.26. The lowest BCUT2D eigenvalue weighted by atomic mass is 10.1. The van der Waals surface area contributed by atoms with Crippen molar-refractivity contribution in [2.75, 3.05) is 6.61 Å². The molecule has 2 heterocycles. The van der Waals surface area contributed by atoms with Crippen molar-refractivity contribution in [2.45, 2.75) is 31.9 Å². The van der Waals surface area contributed by atoms with Crippen LogP contribution in [0.15, 0.2) is 15.8 Å². The molecule has 1 unspecified atom stereocenters. The van der Waals surface area contributed by atoms with Crippen LogP contribution in [0.4, 0.5) is 0 Å². The third kappa shape index (κ3) is 2.73. The first kappa shape index (κ1) is 11.8. The van der Waals surface area contributed by atoms with Gasteiger partial charge in [-0.25, -0.2) is 4.79 Å². The molecule has 1 aliphatic rings. The van der Waals surface area contributed by atoms with Crippen LogP contribution in [0.25, 0.3) is 0 Å². The summed E-state index contributed by atoms with van der Waals surface area (Å²) in [5.41, 5.74) is -0.689. The van der Waals surface area contributed by atoms with Crippen molar-refractivity contribution in [3.8, 4) is 0 Å². The fourth-order valence-electron chi connectivity index (χ4n) is 1.79. The third-order valence-electron chi connectivity index (χ3n) is 2.64. The van der Waals surface area contributed by atoms with E-state index in [9.17, 15) is 9.59 Å². The first-order chi connectivity index (χ1) is 7.66. The highest BCUT2D eigenvalue weighted by Gasteiger charge is 2.15. The van der Waals surface area contributed by atoms with Crippen molar-refractivity contribution in [2.24, 2.45) is 0 Å². The van der Waals surface area contributed by atoms with E-state index in [1.54, 1.807) is 6.20 Å². The van der Waals surface area contributed by atoms with E-state index in [0.717, 1.165) is 25.9 Å². The molecule has 0 amide bonds. The Bertz CT molecular complexity index is 474. The molecule has 0 aromatic carbocycles. The second kappa shape index (κ2) is 5.13. The fraction of sp³-hybridized carbons (Fsp3) is 0.600. The summed E-state index contributed by atoms with van der Waals surface area (Å²) in [4.78, 5) is 25.0. The molecule has 1 aromatic rings. The number of nitrogens with zero attached hydrogens (tertiary/aromatic N) is 1. The van der Waals surface area contributed by atoms with Crippen molar-refractivity contribution in [3.05, 3.63) is 30.6 Å². The molecule has 2 rings (SSSR count). The van der Waals surface area contributed by atoms with Crippen molar-refractivity contribution in [3.63, 3.8) is 0 Å². The first-order valence-electron chi connectivity index (χ1n) is 5.27. The predicted molar refractivity (Wildman–Crippen MR) is 67.6 cm³/mol. The minimum Gasteiger partial charge on any atom is -0.376 e. The van der Waals surface area contributed by atoms with Gasteiger partial charge in [-0.15, -0.1) is 0 Å². The summed E-state index contributed by atoms with van der Waals surface area (Å²) >= 11 is 1.92. The van der Waals surface area contributed by atoms with Gasteiger partial charge in [-0.2, -0.15) is 0 Å². The van der Waals surface area contributed by atoms with Crippen molar-refractivity contribution in [1.82, 2.24) is 9.55 Å². The van der Waals surface area contributed by atoms with Crippen LogP contribution in [0.2, 0.25) is 0 Å². The average Bonchev–Trinajstić information content (AvgIpc) is 2.27. The number of halogens is 1. The first-order valence-corrected chi connectivity index (χ1v) is 6.35. The van der Waals surface area contributed by atoms with E-state index in [-0.39, 0.29) is 17.4 Å². The van der Waals surface area contributed by atoms with Gasteiger partial charge in [-0.1, -0.05) is 0 Å². The lowest BCUT2D eigenvalue weighted by Gasteiger charge is -2.23. The van der Waals surface area contributed by atoms with Crippen LogP contribution in [0.5, 0.6) is 0 Å². The SMILES string of the molecule is O=c1[nH]c(=O)n(CC2CCCCO2)cc1I. The van der Waals surface area contributed by atoms with E-state index in [1.165, 1.54) is 4.57 Å². The maximum Gasteiger partial charge on any atom is 0.328 e. The van der Waals surface area contributed by atoms with Crippen LogP contribution in [-0.4, -0.2) is 22.3 Å². The maximum atomic E-state index is 11.5. The van der Waals surface area contributed by atoms with E-state index >= 15 is 0 Å². The zero-order valence-corrected chi connectivity index (χ0v) is 10.9. The number of aromatic amines is 1. The monoisotopic (exact) mass is 336 g/mol. The summed E-state index contributed by atoms with van der Waals surface area (Å²) in [6.45, 7) is 1.28. The van der Waals surface area contributed by atoms with Gasteiger partial charge in [0, 0.05) is 12.8 Å². The molecule has 0 aliphatic carbocycles. The number of hydrogen-bond acceptors (Lipinski definition) is 3. The van der Waals surface area contributed by atoms with E-state index in [4.69, 9.17) is 4.74 Å². The quantitative estimate of drug-likeness (QED) is 0.809. The van der Waals surface area contributed by atoms with Crippen LogP contribution >= 0.6 is 22.6 Å². The Hall–Kier alpha value is -0.630. The molecule has 16 heavy (non-hydrogen) atoms. The normalized spacial score (nSPS) is 20.9. The summed E-state index contributed by atoms with van der Waals surface area (Å²) in [5.74, 6) is 0. The molecule has 0 spiro atoms. The average molecular weight is 336 g/mol. The van der Waals surface area contributed by atoms with Gasteiger partial charge in [0.2, 0.25) is 0 Å². The molecule has 0 saturated carbocycles. The molecule has 0 bridgehead atoms. The molecule has 1 N–H and O–H groups in total. The lowest BCUT2D eigenvalue weighted by molar-refractivity contribution is 0.00515. The Labute approximate surface area is 106 Å². The van der Waals surface area contributed by atoms with Gasteiger partial charge in [0.25, 0.3) is 5.56 Å². The number of rotatable bonds is 2. The Kier molecular flexibility index (Phi) is 3.80. The van der Waals surface area contributed by atoms with Crippen LogP contribution < -0.4 is 11.2 Å². The van der Waals surface area contributed by atoms with Crippen LogP contribution in [0.3, 0.4) is 0 Å². The molecule has 0 radical (unpaired) electrons. The molecule has 6 heteroatoms. The zero-order chi connectivity index (χ0) is 11.5. The van der Waals surface area contributed by atoms with Gasteiger partial charge in [0.15, 0.2) is 0 Å². The van der Waals surface area contributed by atoms with Crippen molar-refractivity contribution >= 4 is 22.6 Å². The lowest BCUT2D eigenvalue weighted by Crippen LogP contribution is -2.35. The Morgan fingerprint density at radius 1 is 1.50 bits per heavy atom. The van der Waals surface area contributed by atoms with Crippen LogP contribution in [0, 0.1) is 3.57 Å². The molecular formula is C10H13IN2O3. The van der Waals surface area contributed by atoms with Crippen molar-refractivity contribution < 1.29 is 4.74 Å². The summed E-state index contributed by atoms with van der Waals surface area (Å²) in [5, 5.41) is 0. The van der Waals surface area contributed by atoms with E-state index < -0.39 is 0 Å². The molecule has 1 aromatic heterocycles. The molecule has 1 atom stereocenters. The van der Waals surface area contributed by atoms with Gasteiger partial charge in [0.1, 0.15) is 0 Å². The van der Waals surface area contributed by atoms with Crippen molar-refractivity contribution in [1.29, 1.82) is 0 Å². The Morgan fingerprint density at radius 3 is 3.00 bits per heavy atom. The van der Waals surface area contributed by atoms with Gasteiger partial charge >= 0.3 is 5.69 Å². The van der Waals surface area contributed by atoms with Crippen LogP contribution in [0.1, 0.15) is 19.3 Å². The minimum atomic E-state index is -0.361. The standard InChI is InChI=1S/C10H13IN2O3/c11-8-6-13(10(15)12-9(8)14)5-7-3-1-2-4-16-7/h6-7H,1-5H2,(H,12,14,15). The summed E-state index contributed by atoms with van der Waals surface area (Å²) in [6.07, 6.45) is 4.88. The predicted octanol–water partition coefficient (Wildman–Crippen LogP) is 0.710. The van der Waals surface area contributed by atoms with Crippen LogP contribution in [-0.2, 0) is 11.3 Å². The second-order valence-corrected chi connectivity index (χ2v) is 5.04. The summed E-state index contributed by atoms with van der Waals surface area (Å²) < 4.78 is 7.59. The molecule has 5 nitrogen and oxygen atoms in total. The number of nitrogens with one attached hydrogen (secondary N) is 1. The number of aromatic nitrogens is 2. The third-order valence-corrected chi connectivity index (χ3v) is 3.41. The Balaban J connectivity index is 2.17. The Morgan fingerprint density at radius 2 is 2.31 bits per heavy atom. The smallest absolute Gasteiger partial charge is 0.328 e. The van der Waals surface area contributed by atoms with Gasteiger partial charge in [-0.3, -0.25) is 14.3 Å². The molecular weight excluding hydrogens is 323 g/mol. The number of hydrogen-bond donors (Lipinski definition) is 1. The minimum absolute atomic E-state index is 0.0909. The van der Waals surface area contributed by atoms with E-state index in [1.807, 2.05) is 22.6 Å². The van der Waals surface area contributed by atoms with Gasteiger partial charge in [-0.05, 0) is 41.9 Å². The van der Waals surface area contributed by atoms with Gasteiger partial charge < -0.3 is 4.74 Å². The largest absolute Gasteiger partial charge is 0.376 e. The molecule has 1 fully saturated rings. The van der Waals surface area contributed by atoms with E-state index in [0.29, 0.717) is 10.1 Å². The van der Waals surface area contributed by atoms with E-state index in [2.05, 4.69) is 4.98 Å². The van der Waals surface area contributed by atoms with Gasteiger partial charge in [0.05, 0.1) is 16.2 Å². The summed E-state index contributed by atoms with van der Waals surface area (Å²) in [6, 6.07) is 0. The highest BCUT2D eigenvalue weighted by molar-refractivity contribution is 14.1. The molecule has 1 saturated heterocycles. The topological polar surface area (TPSA) is 64.1 Å². The second-order valence-electron chi connectivity index (χ2n) is 3.88.